The van der Waals surface area contributed by atoms with Gasteiger partial charge in [0, 0.05) is 13.1 Å². The number of aromatic nitrogens is 1. The second kappa shape index (κ2) is 4.04. The molecule has 0 aliphatic carbocycles. The van der Waals surface area contributed by atoms with Crippen LogP contribution in [0.2, 0.25) is 0 Å². The van der Waals surface area contributed by atoms with Crippen LogP contribution >= 0.6 is 0 Å². The van der Waals surface area contributed by atoms with Crippen molar-refractivity contribution in [1.29, 1.82) is 0 Å². The maximum absolute atomic E-state index is 11.4. The molecule has 0 spiro atoms. The Bertz CT molecular complexity index is 554. The maximum Gasteiger partial charge on any atom is 0.419 e. The molecule has 4 heteroatoms. The van der Waals surface area contributed by atoms with E-state index in [1.807, 2.05) is 18.2 Å². The van der Waals surface area contributed by atoms with Crippen molar-refractivity contribution in [2.45, 2.75) is 26.3 Å². The highest BCUT2D eigenvalue weighted by Crippen LogP contribution is 2.22. The van der Waals surface area contributed by atoms with Gasteiger partial charge >= 0.3 is 5.76 Å². The third-order valence-electron chi connectivity index (χ3n) is 2.83. The van der Waals surface area contributed by atoms with Crippen molar-refractivity contribution in [3.8, 4) is 0 Å². The summed E-state index contributed by atoms with van der Waals surface area (Å²) in [5.74, 6) is -0.326. The van der Waals surface area contributed by atoms with Crippen molar-refractivity contribution in [3.05, 3.63) is 28.7 Å². The minimum Gasteiger partial charge on any atom is -0.405 e. The van der Waals surface area contributed by atoms with Crippen molar-refractivity contribution < 1.29 is 4.42 Å². The van der Waals surface area contributed by atoms with Crippen LogP contribution in [0.15, 0.2) is 27.4 Å². The van der Waals surface area contributed by atoms with Gasteiger partial charge in [0.15, 0.2) is 5.58 Å². The lowest BCUT2D eigenvalue weighted by Gasteiger charge is -2.12. The fraction of sp³-hybridized carbons (Fsp3) is 0.417. The first-order valence-electron chi connectivity index (χ1n) is 5.48. The predicted molar refractivity (Wildman–Crippen MR) is 64.8 cm³/mol. The predicted octanol–water partition coefficient (Wildman–Crippen LogP) is 2.34. The summed E-state index contributed by atoms with van der Waals surface area (Å²) in [6.45, 7) is 4.21. The van der Waals surface area contributed by atoms with Crippen molar-refractivity contribution in [2.24, 2.45) is 7.05 Å². The summed E-state index contributed by atoms with van der Waals surface area (Å²) in [7, 11) is 1.71. The molecule has 2 rings (SSSR count). The van der Waals surface area contributed by atoms with E-state index >= 15 is 0 Å². The molecule has 16 heavy (non-hydrogen) atoms. The van der Waals surface area contributed by atoms with Crippen molar-refractivity contribution in [2.75, 3.05) is 5.32 Å². The molecule has 0 fully saturated rings. The number of nitrogens with one attached hydrogen (secondary N) is 1. The van der Waals surface area contributed by atoms with Gasteiger partial charge in [0.05, 0.1) is 11.2 Å². The van der Waals surface area contributed by atoms with Gasteiger partial charge in [-0.1, -0.05) is 13.0 Å². The summed E-state index contributed by atoms with van der Waals surface area (Å²) < 4.78 is 6.73. The molecule has 0 aliphatic heterocycles. The molecule has 4 nitrogen and oxygen atoms in total. The molecule has 0 saturated heterocycles. The fourth-order valence-electron chi connectivity index (χ4n) is 1.63. The molecule has 0 aliphatic rings. The topological polar surface area (TPSA) is 47.2 Å². The highest BCUT2D eigenvalue weighted by Gasteiger charge is 2.10. The Morgan fingerprint density at radius 3 is 2.94 bits per heavy atom. The minimum atomic E-state index is -0.326. The first kappa shape index (κ1) is 10.8. The van der Waals surface area contributed by atoms with E-state index in [1.54, 1.807) is 7.05 Å². The van der Waals surface area contributed by atoms with Crippen LogP contribution < -0.4 is 11.1 Å². The number of rotatable bonds is 3. The van der Waals surface area contributed by atoms with E-state index in [9.17, 15) is 4.79 Å². The molecule has 0 amide bonds. The Morgan fingerprint density at radius 1 is 1.50 bits per heavy atom. The van der Waals surface area contributed by atoms with E-state index < -0.39 is 0 Å². The smallest absolute Gasteiger partial charge is 0.405 e. The lowest BCUT2D eigenvalue weighted by molar-refractivity contribution is 0.528. The van der Waals surface area contributed by atoms with Crippen LogP contribution in [-0.2, 0) is 7.05 Å². The van der Waals surface area contributed by atoms with Gasteiger partial charge in [-0.15, -0.1) is 0 Å². The molecular formula is C12H16N2O2. The lowest BCUT2D eigenvalue weighted by atomic mass is 10.2. The number of hydrogen-bond donors (Lipinski definition) is 1. The molecule has 1 N–H and O–H groups in total. The van der Waals surface area contributed by atoms with Gasteiger partial charge in [0.25, 0.3) is 0 Å². The Balaban J connectivity index is 2.54. The third-order valence-corrected chi connectivity index (χ3v) is 2.83. The standard InChI is InChI=1S/C12H16N2O2/c1-4-8(2)13-9-6-5-7-10-11(9)16-12(15)14(10)3/h5-8,13H,4H2,1-3H3. The molecule has 1 aromatic carbocycles. The number of benzene rings is 1. The Hall–Kier alpha value is -1.71. The second-order valence-corrected chi connectivity index (χ2v) is 4.03. The summed E-state index contributed by atoms with van der Waals surface area (Å²) in [6.07, 6.45) is 1.02. The molecule has 2 aromatic rings. The molecule has 1 atom stereocenters. The lowest BCUT2D eigenvalue weighted by Crippen LogP contribution is -2.13. The van der Waals surface area contributed by atoms with E-state index in [1.165, 1.54) is 4.57 Å². The molecule has 1 unspecified atom stereocenters. The summed E-state index contributed by atoms with van der Waals surface area (Å²) in [4.78, 5) is 11.4. The van der Waals surface area contributed by atoms with Crippen LogP contribution in [0.1, 0.15) is 20.3 Å². The number of para-hydroxylation sites is 1. The Morgan fingerprint density at radius 2 is 2.25 bits per heavy atom. The SMILES string of the molecule is CCC(C)Nc1cccc2c1oc(=O)n2C. The first-order chi connectivity index (χ1) is 7.63. The van der Waals surface area contributed by atoms with Crippen LogP contribution in [0.3, 0.4) is 0 Å². The molecule has 0 saturated carbocycles. The monoisotopic (exact) mass is 220 g/mol. The van der Waals surface area contributed by atoms with E-state index in [-0.39, 0.29) is 5.76 Å². The van der Waals surface area contributed by atoms with E-state index in [4.69, 9.17) is 4.42 Å². The summed E-state index contributed by atoms with van der Waals surface area (Å²) in [5, 5.41) is 3.33. The van der Waals surface area contributed by atoms with Gasteiger partial charge in [0.1, 0.15) is 0 Å². The minimum absolute atomic E-state index is 0.326. The zero-order chi connectivity index (χ0) is 11.7. The average Bonchev–Trinajstić information content (AvgIpc) is 2.57. The molecule has 0 radical (unpaired) electrons. The highest BCUT2D eigenvalue weighted by molar-refractivity contribution is 5.86. The molecular weight excluding hydrogens is 204 g/mol. The first-order valence-corrected chi connectivity index (χ1v) is 5.48. The number of nitrogens with zero attached hydrogens (tertiary/aromatic N) is 1. The third kappa shape index (κ3) is 1.71. The molecule has 1 aromatic heterocycles. The Kier molecular flexibility index (Phi) is 2.73. The van der Waals surface area contributed by atoms with Gasteiger partial charge in [-0.25, -0.2) is 4.79 Å². The van der Waals surface area contributed by atoms with Gasteiger partial charge in [-0.2, -0.15) is 0 Å². The quantitative estimate of drug-likeness (QED) is 0.863. The normalized spacial score (nSPS) is 12.9. The van der Waals surface area contributed by atoms with Gasteiger partial charge < -0.3 is 9.73 Å². The Labute approximate surface area is 93.9 Å². The van der Waals surface area contributed by atoms with Crippen molar-refractivity contribution >= 4 is 16.8 Å². The zero-order valence-corrected chi connectivity index (χ0v) is 9.78. The average molecular weight is 220 g/mol. The number of anilines is 1. The summed E-state index contributed by atoms with van der Waals surface area (Å²) in [6, 6.07) is 6.08. The molecule has 1 heterocycles. The van der Waals surface area contributed by atoms with Crippen LogP contribution in [0, 0.1) is 0 Å². The summed E-state index contributed by atoms with van der Waals surface area (Å²) in [5.41, 5.74) is 2.33. The fourth-order valence-corrected chi connectivity index (χ4v) is 1.63. The number of hydrogen-bond acceptors (Lipinski definition) is 3. The largest absolute Gasteiger partial charge is 0.419 e. The highest BCUT2D eigenvalue weighted by atomic mass is 16.4. The zero-order valence-electron chi connectivity index (χ0n) is 9.78. The van der Waals surface area contributed by atoms with Crippen LogP contribution in [0.25, 0.3) is 11.1 Å². The molecule has 86 valence electrons. The van der Waals surface area contributed by atoms with Crippen molar-refractivity contribution in [3.63, 3.8) is 0 Å². The van der Waals surface area contributed by atoms with Gasteiger partial charge in [0.2, 0.25) is 0 Å². The van der Waals surface area contributed by atoms with Crippen LogP contribution in [0.5, 0.6) is 0 Å². The van der Waals surface area contributed by atoms with Crippen LogP contribution in [-0.4, -0.2) is 10.6 Å². The van der Waals surface area contributed by atoms with E-state index in [2.05, 4.69) is 19.2 Å². The summed E-state index contributed by atoms with van der Waals surface area (Å²) >= 11 is 0. The second-order valence-electron chi connectivity index (χ2n) is 4.03. The maximum atomic E-state index is 11.4. The van der Waals surface area contributed by atoms with Crippen molar-refractivity contribution in [1.82, 2.24) is 4.57 Å². The van der Waals surface area contributed by atoms with Gasteiger partial charge in [-0.05, 0) is 25.5 Å². The number of fused-ring (bicyclic) bond motifs is 1. The molecule has 0 bridgehead atoms. The van der Waals surface area contributed by atoms with Gasteiger partial charge in [-0.3, -0.25) is 4.57 Å². The van der Waals surface area contributed by atoms with E-state index in [0.717, 1.165) is 17.6 Å². The van der Waals surface area contributed by atoms with E-state index in [0.29, 0.717) is 11.6 Å². The van der Waals surface area contributed by atoms with Crippen LogP contribution in [0.4, 0.5) is 5.69 Å². The number of oxazole rings is 1. The number of aryl methyl sites for hydroxylation is 1.